The second-order valence-corrected chi connectivity index (χ2v) is 20.1. The van der Waals surface area contributed by atoms with E-state index in [-0.39, 0.29) is 40.3 Å². The number of hydrogen-bond acceptors (Lipinski definition) is 5. The highest BCUT2D eigenvalue weighted by Crippen LogP contribution is 2.41. The van der Waals surface area contributed by atoms with Crippen molar-refractivity contribution >= 4 is 22.6 Å². The highest BCUT2D eigenvalue weighted by atomic mass is 28.4. The molecule has 0 radical (unpaired) electrons. The number of hydrogen-bond donors (Lipinski definition) is 1. The molecule has 4 atom stereocenters. The normalized spacial score (nSPS) is 30.7. The van der Waals surface area contributed by atoms with E-state index in [4.69, 9.17) is 13.6 Å². The van der Waals surface area contributed by atoms with Gasteiger partial charge in [0.1, 0.15) is 18.2 Å². The second-order valence-electron chi connectivity index (χ2n) is 10.6. The standard InChI is InChI=1S/C18H37NO4Si2/c1-17(2,3)24(7,8)21-11-12-14-15(13(19-12)16(20)22-14)23-25(9,10)18(4,5)6/h12-15,19H,11H2,1-10H3/t12-,13-,14+,15-/m0/s1. The lowest BCUT2D eigenvalue weighted by molar-refractivity contribution is -0.148. The summed E-state index contributed by atoms with van der Waals surface area (Å²) in [5, 5.41) is 3.68. The molecule has 0 aromatic carbocycles. The first-order chi connectivity index (χ1) is 11.1. The van der Waals surface area contributed by atoms with Gasteiger partial charge in [-0.3, -0.25) is 10.1 Å². The summed E-state index contributed by atoms with van der Waals surface area (Å²) in [7, 11) is -3.79. The van der Waals surface area contributed by atoms with E-state index in [1.54, 1.807) is 0 Å². The molecule has 25 heavy (non-hydrogen) atoms. The van der Waals surface area contributed by atoms with Crippen LogP contribution in [0, 0.1) is 0 Å². The van der Waals surface area contributed by atoms with Gasteiger partial charge in [-0.1, -0.05) is 41.5 Å². The highest BCUT2D eigenvalue weighted by molar-refractivity contribution is 6.74. The van der Waals surface area contributed by atoms with Gasteiger partial charge in [0.15, 0.2) is 16.6 Å². The molecule has 0 unspecified atom stereocenters. The van der Waals surface area contributed by atoms with Crippen LogP contribution in [0.5, 0.6) is 0 Å². The topological polar surface area (TPSA) is 56.8 Å². The van der Waals surface area contributed by atoms with E-state index in [0.717, 1.165) is 0 Å². The minimum Gasteiger partial charge on any atom is -0.457 e. The maximum absolute atomic E-state index is 12.1. The van der Waals surface area contributed by atoms with Gasteiger partial charge in [-0.15, -0.1) is 0 Å². The summed E-state index contributed by atoms with van der Waals surface area (Å²) in [6.45, 7) is 22.8. The fraction of sp³-hybridized carbons (Fsp3) is 0.944. The molecule has 2 saturated heterocycles. The van der Waals surface area contributed by atoms with Gasteiger partial charge in [0.2, 0.25) is 0 Å². The van der Waals surface area contributed by atoms with Crippen molar-refractivity contribution in [2.75, 3.05) is 6.61 Å². The molecule has 0 saturated carbocycles. The highest BCUT2D eigenvalue weighted by Gasteiger charge is 2.58. The maximum Gasteiger partial charge on any atom is 0.326 e. The van der Waals surface area contributed by atoms with Gasteiger partial charge in [0, 0.05) is 0 Å². The third-order valence-corrected chi connectivity index (χ3v) is 15.6. The Morgan fingerprint density at radius 1 is 1.00 bits per heavy atom. The first kappa shape index (κ1) is 21.1. The van der Waals surface area contributed by atoms with Gasteiger partial charge in [0.25, 0.3) is 0 Å². The lowest BCUT2D eigenvalue weighted by Crippen LogP contribution is -2.50. The largest absolute Gasteiger partial charge is 0.457 e. The number of carbonyl (C=O) groups excluding carboxylic acids is 1. The van der Waals surface area contributed by atoms with E-state index in [1.807, 2.05) is 0 Å². The third kappa shape index (κ3) is 4.05. The Kier molecular flexibility index (Phi) is 5.43. The van der Waals surface area contributed by atoms with Crippen LogP contribution in [-0.4, -0.2) is 53.5 Å². The van der Waals surface area contributed by atoms with Crippen LogP contribution in [0.25, 0.3) is 0 Å². The average Bonchev–Trinajstić information content (AvgIpc) is 2.86. The zero-order chi connectivity index (χ0) is 19.4. The van der Waals surface area contributed by atoms with Crippen LogP contribution in [0.4, 0.5) is 0 Å². The van der Waals surface area contributed by atoms with Crippen LogP contribution < -0.4 is 5.32 Å². The lowest BCUT2D eigenvalue weighted by Gasteiger charge is -2.39. The first-order valence-corrected chi connectivity index (χ1v) is 15.2. The van der Waals surface area contributed by atoms with Gasteiger partial charge in [-0.2, -0.15) is 0 Å². The molecule has 0 aromatic heterocycles. The van der Waals surface area contributed by atoms with Gasteiger partial charge in [-0.05, 0) is 36.3 Å². The van der Waals surface area contributed by atoms with Crippen LogP contribution in [0.1, 0.15) is 41.5 Å². The molecule has 2 aliphatic rings. The van der Waals surface area contributed by atoms with E-state index in [1.165, 1.54) is 0 Å². The molecule has 0 aliphatic carbocycles. The Morgan fingerprint density at radius 2 is 1.52 bits per heavy atom. The maximum atomic E-state index is 12.1. The Morgan fingerprint density at radius 3 is 2.00 bits per heavy atom. The molecule has 1 N–H and O–H groups in total. The Balaban J connectivity index is 2.06. The predicted molar refractivity (Wildman–Crippen MR) is 106 cm³/mol. The molecule has 2 fully saturated rings. The number of esters is 1. The molecule has 0 aromatic rings. The number of carbonyl (C=O) groups is 1. The predicted octanol–water partition coefficient (Wildman–Crippen LogP) is 3.66. The SMILES string of the molecule is CC(C)(C)[Si](C)(C)OC[C@@H]1N[C@@H]2C(=O)O[C@H]1[C@H]2O[Si](C)(C)C(C)(C)C. The van der Waals surface area contributed by atoms with Crippen molar-refractivity contribution in [3.8, 4) is 0 Å². The molecule has 2 aliphatic heterocycles. The molecule has 0 amide bonds. The van der Waals surface area contributed by atoms with Crippen molar-refractivity contribution in [2.45, 2.75) is 102 Å². The van der Waals surface area contributed by atoms with Crippen molar-refractivity contribution in [3.05, 3.63) is 0 Å². The molecule has 2 heterocycles. The average molecular weight is 388 g/mol. The number of ether oxygens (including phenoxy) is 1. The van der Waals surface area contributed by atoms with Gasteiger partial charge in [0.05, 0.1) is 12.6 Å². The van der Waals surface area contributed by atoms with E-state index in [0.29, 0.717) is 6.61 Å². The first-order valence-electron chi connectivity index (χ1n) is 9.35. The summed E-state index contributed by atoms with van der Waals surface area (Å²) in [5.41, 5.74) is 0. The van der Waals surface area contributed by atoms with Crippen molar-refractivity contribution in [3.63, 3.8) is 0 Å². The fourth-order valence-electron chi connectivity index (χ4n) is 2.71. The van der Waals surface area contributed by atoms with Crippen LogP contribution in [0.2, 0.25) is 36.3 Å². The van der Waals surface area contributed by atoms with Crippen LogP contribution in [0.3, 0.4) is 0 Å². The monoisotopic (exact) mass is 387 g/mol. The lowest BCUT2D eigenvalue weighted by atomic mass is 10.1. The summed E-state index contributed by atoms with van der Waals surface area (Å²) < 4.78 is 18.5. The van der Waals surface area contributed by atoms with Crippen molar-refractivity contribution in [2.24, 2.45) is 0 Å². The quantitative estimate of drug-likeness (QED) is 0.576. The zero-order valence-electron chi connectivity index (χ0n) is 17.6. The molecular weight excluding hydrogens is 350 g/mol. The van der Waals surface area contributed by atoms with Crippen LogP contribution in [0.15, 0.2) is 0 Å². The van der Waals surface area contributed by atoms with Crippen LogP contribution in [-0.2, 0) is 18.4 Å². The van der Waals surface area contributed by atoms with E-state index in [9.17, 15) is 4.79 Å². The molecular formula is C18H37NO4Si2. The number of fused-ring (bicyclic) bond motifs is 2. The van der Waals surface area contributed by atoms with E-state index in [2.05, 4.69) is 73.0 Å². The smallest absolute Gasteiger partial charge is 0.326 e. The number of nitrogens with one attached hydrogen (secondary N) is 1. The molecule has 146 valence electrons. The summed E-state index contributed by atoms with van der Waals surface area (Å²) in [4.78, 5) is 12.1. The summed E-state index contributed by atoms with van der Waals surface area (Å²) >= 11 is 0. The molecule has 2 rings (SSSR count). The molecule has 5 nitrogen and oxygen atoms in total. The minimum atomic E-state index is -1.97. The fourth-order valence-corrected chi connectivity index (χ4v) is 5.04. The summed E-state index contributed by atoms with van der Waals surface area (Å²) in [5.74, 6) is -0.183. The van der Waals surface area contributed by atoms with E-state index >= 15 is 0 Å². The number of morpholine rings is 1. The second kappa shape index (κ2) is 6.44. The Hall–Kier alpha value is -0.216. The molecule has 2 bridgehead atoms. The summed E-state index contributed by atoms with van der Waals surface area (Å²) in [6.07, 6.45) is -0.433. The molecule has 7 heteroatoms. The van der Waals surface area contributed by atoms with Gasteiger partial charge in [-0.25, -0.2) is 0 Å². The minimum absolute atomic E-state index is 0.0200. The third-order valence-electron chi connectivity index (χ3n) is 6.62. The Bertz CT molecular complexity index is 522. The van der Waals surface area contributed by atoms with Crippen molar-refractivity contribution < 1.29 is 18.4 Å². The zero-order valence-corrected chi connectivity index (χ0v) is 19.6. The van der Waals surface area contributed by atoms with E-state index < -0.39 is 16.6 Å². The van der Waals surface area contributed by atoms with Crippen molar-refractivity contribution in [1.29, 1.82) is 0 Å². The summed E-state index contributed by atoms with van der Waals surface area (Å²) in [6, 6.07) is -0.335. The number of rotatable bonds is 5. The van der Waals surface area contributed by atoms with Gasteiger partial charge >= 0.3 is 5.97 Å². The van der Waals surface area contributed by atoms with Gasteiger partial charge < -0.3 is 13.6 Å². The Labute approximate surface area is 155 Å². The van der Waals surface area contributed by atoms with Crippen LogP contribution >= 0.6 is 0 Å². The van der Waals surface area contributed by atoms with Crippen molar-refractivity contribution in [1.82, 2.24) is 5.32 Å². The molecule has 0 spiro atoms.